The maximum Gasteiger partial charge on any atom is 0.335 e. The minimum absolute atomic E-state index is 0.118. The van der Waals surface area contributed by atoms with Crippen molar-refractivity contribution in [2.24, 2.45) is 0 Å². The van der Waals surface area contributed by atoms with Gasteiger partial charge in [0.2, 0.25) is 0 Å². The molecular weight excluding hydrogens is 802 g/mol. The molecule has 0 amide bonds. The molecule has 0 bridgehead atoms. The van der Waals surface area contributed by atoms with Crippen LogP contribution in [0, 0.1) is 0 Å². The van der Waals surface area contributed by atoms with Crippen molar-refractivity contribution in [1.29, 1.82) is 0 Å². The van der Waals surface area contributed by atoms with Crippen LogP contribution in [0.4, 0.5) is 0 Å². The highest BCUT2D eigenvalue weighted by Gasteiger charge is 2.42. The van der Waals surface area contributed by atoms with E-state index in [1.165, 1.54) is 6.07 Å². The number of carbonyl (C=O) groups is 1. The number of thiazole rings is 1. The molecule has 316 valence electrons. The number of carboxylic acids is 1. The van der Waals surface area contributed by atoms with Crippen LogP contribution in [0.1, 0.15) is 58.0 Å². The SMILES string of the molecule is COCCOCCOCCOCCOCCOc1cc(C(=O)O)cc2c1nc(CN1CCC(c3cccc4c3O[C@](C)(c3ccc(Cl)cn3)O4)CC1)n2Cc1cncs1. The minimum Gasteiger partial charge on any atom is -0.489 e. The van der Waals surface area contributed by atoms with Gasteiger partial charge < -0.3 is 47.6 Å². The molecule has 3 aromatic heterocycles. The largest absolute Gasteiger partial charge is 0.489 e. The van der Waals surface area contributed by atoms with E-state index in [9.17, 15) is 9.90 Å². The number of fused-ring (bicyclic) bond motifs is 2. The van der Waals surface area contributed by atoms with Gasteiger partial charge in [-0.3, -0.25) is 14.9 Å². The summed E-state index contributed by atoms with van der Waals surface area (Å²) in [5.74, 6) is 0.843. The summed E-state index contributed by atoms with van der Waals surface area (Å²) < 4.78 is 48.2. The van der Waals surface area contributed by atoms with Crippen molar-refractivity contribution in [3.63, 3.8) is 0 Å². The van der Waals surface area contributed by atoms with E-state index in [0.717, 1.165) is 47.9 Å². The lowest BCUT2D eigenvalue weighted by Gasteiger charge is -2.32. The maximum atomic E-state index is 12.3. The Morgan fingerprint density at radius 1 is 0.915 bits per heavy atom. The summed E-state index contributed by atoms with van der Waals surface area (Å²) in [7, 11) is 1.64. The lowest BCUT2D eigenvalue weighted by Crippen LogP contribution is -2.34. The number of para-hydroxylation sites is 1. The van der Waals surface area contributed by atoms with E-state index < -0.39 is 11.8 Å². The number of pyridine rings is 1. The van der Waals surface area contributed by atoms with Crippen LogP contribution in [0.15, 0.2) is 60.4 Å². The van der Waals surface area contributed by atoms with Crippen LogP contribution in [-0.4, -0.2) is 122 Å². The van der Waals surface area contributed by atoms with Crippen molar-refractivity contribution in [2.75, 3.05) is 86.3 Å². The van der Waals surface area contributed by atoms with Crippen molar-refractivity contribution in [3.8, 4) is 17.2 Å². The second-order valence-electron chi connectivity index (χ2n) is 14.3. The molecule has 59 heavy (non-hydrogen) atoms. The van der Waals surface area contributed by atoms with Gasteiger partial charge in [0.25, 0.3) is 5.79 Å². The predicted molar refractivity (Wildman–Crippen MR) is 220 cm³/mol. The number of benzene rings is 2. The Hall–Kier alpha value is -4.39. The monoisotopic (exact) mass is 851 g/mol. The van der Waals surface area contributed by atoms with Gasteiger partial charge in [0.05, 0.1) is 94.2 Å². The van der Waals surface area contributed by atoms with E-state index in [1.54, 1.807) is 42.3 Å². The Labute approximate surface area is 352 Å². The topological polar surface area (TPSA) is 158 Å². The fourth-order valence-corrected chi connectivity index (χ4v) is 7.88. The average Bonchev–Trinajstić information content (AvgIpc) is 3.98. The summed E-state index contributed by atoms with van der Waals surface area (Å²) in [5.41, 5.74) is 4.97. The lowest BCUT2D eigenvalue weighted by molar-refractivity contribution is -0.0722. The molecule has 2 aromatic carbocycles. The van der Waals surface area contributed by atoms with Crippen LogP contribution in [0.2, 0.25) is 5.02 Å². The van der Waals surface area contributed by atoms with Gasteiger partial charge in [0, 0.05) is 36.9 Å². The Morgan fingerprint density at radius 3 is 2.27 bits per heavy atom. The van der Waals surface area contributed by atoms with Crippen molar-refractivity contribution in [1.82, 2.24) is 24.4 Å². The van der Waals surface area contributed by atoms with E-state index in [4.69, 9.17) is 54.5 Å². The average molecular weight is 852 g/mol. The third kappa shape index (κ3) is 11.1. The van der Waals surface area contributed by atoms with Gasteiger partial charge in [0.1, 0.15) is 29.4 Å². The zero-order chi connectivity index (χ0) is 41.0. The summed E-state index contributed by atoms with van der Waals surface area (Å²) in [6, 6.07) is 12.9. The third-order valence-corrected chi connectivity index (χ3v) is 11.2. The molecule has 0 saturated carbocycles. The molecule has 5 heterocycles. The van der Waals surface area contributed by atoms with Gasteiger partial charge in [-0.05, 0) is 62.2 Å². The summed E-state index contributed by atoms with van der Waals surface area (Å²) in [5, 5.41) is 10.6. The molecule has 7 rings (SSSR count). The number of methoxy groups -OCH3 is 1. The van der Waals surface area contributed by atoms with E-state index in [1.807, 2.05) is 31.3 Å². The van der Waals surface area contributed by atoms with Crippen LogP contribution in [0.25, 0.3) is 11.0 Å². The Morgan fingerprint density at radius 2 is 1.63 bits per heavy atom. The van der Waals surface area contributed by atoms with Gasteiger partial charge in [-0.25, -0.2) is 9.78 Å². The molecule has 15 nitrogen and oxygen atoms in total. The van der Waals surface area contributed by atoms with Crippen LogP contribution in [-0.2, 0) is 42.6 Å². The minimum atomic E-state index is -1.05. The van der Waals surface area contributed by atoms with Crippen LogP contribution >= 0.6 is 22.9 Å². The van der Waals surface area contributed by atoms with Crippen LogP contribution < -0.4 is 14.2 Å². The van der Waals surface area contributed by atoms with Gasteiger partial charge in [-0.1, -0.05) is 23.7 Å². The number of likely N-dealkylation sites (tertiary alicyclic amines) is 1. The summed E-state index contributed by atoms with van der Waals surface area (Å²) in [6.07, 6.45) is 5.24. The van der Waals surface area contributed by atoms with E-state index in [2.05, 4.69) is 25.5 Å². The number of carboxylic acid groups (broad SMARTS) is 1. The Balaban J connectivity index is 0.964. The lowest BCUT2D eigenvalue weighted by atomic mass is 9.88. The van der Waals surface area contributed by atoms with Gasteiger partial charge >= 0.3 is 5.97 Å². The molecule has 0 spiro atoms. The third-order valence-electron chi connectivity index (χ3n) is 10.2. The summed E-state index contributed by atoms with van der Waals surface area (Å²) in [6.45, 7) is 8.93. The molecule has 0 radical (unpaired) electrons. The number of halogens is 1. The van der Waals surface area contributed by atoms with Gasteiger partial charge in [-0.15, -0.1) is 11.3 Å². The fourth-order valence-electron chi connectivity index (χ4n) is 7.18. The predicted octanol–water partition coefficient (Wildman–Crippen LogP) is 6.40. The standard InChI is InChI=1S/C42H50ClN5O10S/c1-42(37-7-6-31(43)24-45-37)57-35-5-3-4-33(40(35)58-42)29-8-10-47(11-9-29)27-38-46-39-34(48(38)26-32-25-44-28-59-32)22-30(41(49)50)23-36(39)56-21-20-55-19-18-54-17-16-53-15-14-52-13-12-51-2/h3-7,22-25,28-29H,8-21,26-27H2,1-2H3,(H,49,50)/t42-/m1/s1. The second-order valence-corrected chi connectivity index (χ2v) is 15.7. The number of hydrogen-bond donors (Lipinski definition) is 1. The highest BCUT2D eigenvalue weighted by molar-refractivity contribution is 7.09. The van der Waals surface area contributed by atoms with Crippen molar-refractivity contribution < 1.29 is 47.8 Å². The molecule has 0 unspecified atom stereocenters. The first-order valence-electron chi connectivity index (χ1n) is 19.7. The van der Waals surface area contributed by atoms with Gasteiger partial charge in [0.15, 0.2) is 11.5 Å². The summed E-state index contributed by atoms with van der Waals surface area (Å²) in [4.78, 5) is 29.6. The molecule has 1 N–H and O–H groups in total. The molecule has 2 aliphatic heterocycles. The first kappa shape index (κ1) is 42.7. The normalized spacial score (nSPS) is 16.9. The van der Waals surface area contributed by atoms with Crippen LogP contribution in [0.3, 0.4) is 0 Å². The number of piperidine rings is 1. The zero-order valence-corrected chi connectivity index (χ0v) is 34.9. The molecular formula is C42H50ClN5O10S. The fraction of sp³-hybridized carbons (Fsp3) is 0.476. The van der Waals surface area contributed by atoms with E-state index in [0.29, 0.717) is 106 Å². The molecule has 1 atom stereocenters. The number of imidazole rings is 1. The van der Waals surface area contributed by atoms with Crippen molar-refractivity contribution >= 4 is 39.9 Å². The molecule has 17 heteroatoms. The zero-order valence-electron chi connectivity index (χ0n) is 33.3. The van der Waals surface area contributed by atoms with E-state index in [-0.39, 0.29) is 18.1 Å². The molecule has 5 aromatic rings. The maximum absolute atomic E-state index is 12.3. The number of aromatic carboxylic acids is 1. The molecule has 1 fully saturated rings. The molecule has 2 aliphatic rings. The number of hydrogen-bond acceptors (Lipinski definition) is 14. The number of nitrogens with zero attached hydrogens (tertiary/aromatic N) is 5. The Bertz CT molecular complexity index is 2110. The van der Waals surface area contributed by atoms with E-state index >= 15 is 0 Å². The molecule has 1 saturated heterocycles. The first-order valence-corrected chi connectivity index (χ1v) is 21.0. The first-order chi connectivity index (χ1) is 28.8. The summed E-state index contributed by atoms with van der Waals surface area (Å²) >= 11 is 7.64. The number of ether oxygens (including phenoxy) is 8. The smallest absolute Gasteiger partial charge is 0.335 e. The highest BCUT2D eigenvalue weighted by Crippen LogP contribution is 2.49. The quantitative estimate of drug-likeness (QED) is 0.0720. The molecule has 0 aliphatic carbocycles. The van der Waals surface area contributed by atoms with Gasteiger partial charge in [-0.2, -0.15) is 0 Å². The highest BCUT2D eigenvalue weighted by atomic mass is 35.5. The van der Waals surface area contributed by atoms with Crippen molar-refractivity contribution in [3.05, 3.63) is 92.9 Å². The second kappa shape index (κ2) is 20.7. The number of rotatable bonds is 23. The van der Waals surface area contributed by atoms with Crippen molar-refractivity contribution in [2.45, 2.75) is 44.6 Å². The van der Waals surface area contributed by atoms with Crippen LogP contribution in [0.5, 0.6) is 17.2 Å². The number of aromatic nitrogens is 4. The Kier molecular flexibility index (Phi) is 15.0.